The number of amides is 1. The first-order chi connectivity index (χ1) is 12.1. The fourth-order valence-corrected chi connectivity index (χ4v) is 2.47. The number of benzene rings is 2. The monoisotopic (exact) mass is 345 g/mol. The lowest BCUT2D eigenvalue weighted by molar-refractivity contribution is -0.0484. The van der Waals surface area contributed by atoms with Gasteiger partial charge in [0.25, 0.3) is 0 Å². The van der Waals surface area contributed by atoms with Crippen LogP contribution in [0.2, 0.25) is 0 Å². The van der Waals surface area contributed by atoms with Gasteiger partial charge in [0.15, 0.2) is 6.10 Å². The van der Waals surface area contributed by atoms with Crippen LogP contribution in [0.4, 0.5) is 10.5 Å². The third-order valence-corrected chi connectivity index (χ3v) is 3.61. The maximum atomic E-state index is 12.3. The summed E-state index contributed by atoms with van der Waals surface area (Å²) >= 11 is 0. The lowest BCUT2D eigenvalue weighted by Crippen LogP contribution is -2.29. The number of anilines is 1. The molecule has 3 N–H and O–H groups in total. The molecule has 0 spiro atoms. The summed E-state index contributed by atoms with van der Waals surface area (Å²) < 4.78 is 11.2. The first kappa shape index (κ1) is 18.8. The van der Waals surface area contributed by atoms with Crippen molar-refractivity contribution in [1.29, 1.82) is 0 Å². The molecule has 0 unspecified atom stereocenters. The maximum Gasteiger partial charge on any atom is 0.412 e. The van der Waals surface area contributed by atoms with E-state index in [4.69, 9.17) is 9.47 Å². The van der Waals surface area contributed by atoms with Crippen LogP contribution in [0.1, 0.15) is 25.0 Å². The minimum atomic E-state index is -0.712. The van der Waals surface area contributed by atoms with Gasteiger partial charge in [0.05, 0.1) is 0 Å². The number of hydrogen-bond donors (Lipinski definition) is 3. The third-order valence-electron chi connectivity index (χ3n) is 3.61. The van der Waals surface area contributed by atoms with Crippen molar-refractivity contribution in [1.82, 2.24) is 0 Å². The van der Waals surface area contributed by atoms with Gasteiger partial charge >= 0.3 is 6.09 Å². The van der Waals surface area contributed by atoms with Crippen LogP contribution in [0.25, 0.3) is 0 Å². The SMILES string of the molecule is CCO[C@@H](CCO)[C@@H](OC(=O)Nc1ccccc1)c1ccc(O)cc1. The second-order valence-corrected chi connectivity index (χ2v) is 5.41. The third kappa shape index (κ3) is 5.77. The molecule has 1 amide bonds. The van der Waals surface area contributed by atoms with E-state index in [1.807, 2.05) is 25.1 Å². The molecule has 0 saturated heterocycles. The zero-order valence-electron chi connectivity index (χ0n) is 14.1. The Morgan fingerprint density at radius 1 is 1.12 bits per heavy atom. The van der Waals surface area contributed by atoms with Gasteiger partial charge < -0.3 is 19.7 Å². The van der Waals surface area contributed by atoms with Crippen LogP contribution >= 0.6 is 0 Å². The van der Waals surface area contributed by atoms with Gasteiger partial charge in [0, 0.05) is 25.3 Å². The first-order valence-electron chi connectivity index (χ1n) is 8.18. The molecule has 6 nitrogen and oxygen atoms in total. The number of aromatic hydroxyl groups is 1. The van der Waals surface area contributed by atoms with Gasteiger partial charge in [-0.15, -0.1) is 0 Å². The Hall–Kier alpha value is -2.57. The van der Waals surface area contributed by atoms with Crippen LogP contribution in [0, 0.1) is 0 Å². The normalized spacial score (nSPS) is 13.0. The molecule has 0 saturated carbocycles. The number of aliphatic hydroxyl groups excluding tert-OH is 1. The van der Waals surface area contributed by atoms with Crippen molar-refractivity contribution in [3.8, 4) is 5.75 Å². The predicted molar refractivity (Wildman–Crippen MR) is 94.5 cm³/mol. The van der Waals surface area contributed by atoms with Crippen LogP contribution in [0.15, 0.2) is 54.6 Å². The summed E-state index contributed by atoms with van der Waals surface area (Å²) in [4.78, 5) is 12.3. The minimum absolute atomic E-state index is 0.0943. The van der Waals surface area contributed by atoms with Gasteiger partial charge in [0.2, 0.25) is 0 Å². The van der Waals surface area contributed by atoms with Crippen molar-refractivity contribution < 1.29 is 24.5 Å². The molecule has 25 heavy (non-hydrogen) atoms. The van der Waals surface area contributed by atoms with Gasteiger partial charge in [-0.25, -0.2) is 4.79 Å². The number of nitrogens with one attached hydrogen (secondary N) is 1. The molecule has 0 aromatic heterocycles. The fraction of sp³-hybridized carbons (Fsp3) is 0.316. The molecule has 0 aliphatic carbocycles. The number of aliphatic hydroxyl groups is 1. The van der Waals surface area contributed by atoms with Gasteiger partial charge in [0.1, 0.15) is 11.9 Å². The molecule has 0 bridgehead atoms. The number of phenolic OH excluding ortho intramolecular Hbond substituents is 1. The standard InChI is InChI=1S/C19H23NO5/c1-2-24-17(12-13-21)18(14-8-10-16(22)11-9-14)25-19(23)20-15-6-4-3-5-7-15/h3-11,17-18,21-22H,2,12-13H2,1H3,(H,20,23)/t17-,18-/m0/s1. The summed E-state index contributed by atoms with van der Waals surface area (Å²) in [6.45, 7) is 2.16. The fourth-order valence-electron chi connectivity index (χ4n) is 2.47. The molecule has 2 atom stereocenters. The highest BCUT2D eigenvalue weighted by Gasteiger charge is 2.27. The molecule has 0 heterocycles. The van der Waals surface area contributed by atoms with Crippen LogP contribution in [0.3, 0.4) is 0 Å². The van der Waals surface area contributed by atoms with Gasteiger partial charge in [-0.2, -0.15) is 0 Å². The van der Waals surface area contributed by atoms with Gasteiger partial charge in [-0.3, -0.25) is 5.32 Å². The van der Waals surface area contributed by atoms with E-state index in [2.05, 4.69) is 5.32 Å². The number of ether oxygens (including phenoxy) is 2. The molecule has 0 fully saturated rings. The summed E-state index contributed by atoms with van der Waals surface area (Å²) in [5.74, 6) is 0.117. The molecule has 0 radical (unpaired) electrons. The van der Waals surface area contributed by atoms with Crippen molar-refractivity contribution in [3.63, 3.8) is 0 Å². The smallest absolute Gasteiger partial charge is 0.412 e. The Bertz CT molecular complexity index is 639. The quantitative estimate of drug-likeness (QED) is 0.682. The number of carbonyl (C=O) groups excluding carboxylic acids is 1. The molecule has 0 aliphatic rings. The highest BCUT2D eigenvalue weighted by molar-refractivity contribution is 5.84. The zero-order chi connectivity index (χ0) is 18.1. The van der Waals surface area contributed by atoms with Gasteiger partial charge in [-0.05, 0) is 36.8 Å². The van der Waals surface area contributed by atoms with Crippen LogP contribution in [-0.2, 0) is 9.47 Å². The topological polar surface area (TPSA) is 88.0 Å². The van der Waals surface area contributed by atoms with E-state index in [-0.39, 0.29) is 12.4 Å². The zero-order valence-corrected chi connectivity index (χ0v) is 14.1. The van der Waals surface area contributed by atoms with Crippen molar-refractivity contribution in [2.24, 2.45) is 0 Å². The van der Waals surface area contributed by atoms with Crippen molar-refractivity contribution >= 4 is 11.8 Å². The van der Waals surface area contributed by atoms with E-state index < -0.39 is 18.3 Å². The summed E-state index contributed by atoms with van der Waals surface area (Å²) in [5, 5.41) is 21.4. The molecular weight excluding hydrogens is 322 g/mol. The molecule has 2 aromatic rings. The van der Waals surface area contributed by atoms with Crippen LogP contribution in [-0.4, -0.2) is 35.6 Å². The van der Waals surface area contributed by atoms with Crippen molar-refractivity contribution in [2.75, 3.05) is 18.5 Å². The summed E-state index contributed by atoms with van der Waals surface area (Å²) in [5.41, 5.74) is 1.29. The molecule has 134 valence electrons. The average molecular weight is 345 g/mol. The number of hydrogen-bond acceptors (Lipinski definition) is 5. The summed E-state index contributed by atoms with van der Waals surface area (Å²) in [7, 11) is 0. The lowest BCUT2D eigenvalue weighted by atomic mass is 10.0. The molecule has 6 heteroatoms. The maximum absolute atomic E-state index is 12.3. The van der Waals surface area contributed by atoms with Crippen molar-refractivity contribution in [3.05, 3.63) is 60.2 Å². The molecule has 2 rings (SSSR count). The lowest BCUT2D eigenvalue weighted by Gasteiger charge is -2.27. The van der Waals surface area contributed by atoms with Crippen LogP contribution < -0.4 is 5.32 Å². The summed E-state index contributed by atoms with van der Waals surface area (Å²) in [6.07, 6.45) is -1.51. The molecule has 0 aliphatic heterocycles. The summed E-state index contributed by atoms with van der Waals surface area (Å²) in [6, 6.07) is 15.3. The second kappa shape index (κ2) is 9.66. The first-order valence-corrected chi connectivity index (χ1v) is 8.18. The number of para-hydroxylation sites is 1. The number of carbonyl (C=O) groups is 1. The van der Waals surface area contributed by atoms with Crippen LogP contribution in [0.5, 0.6) is 5.75 Å². The van der Waals surface area contributed by atoms with E-state index in [1.54, 1.807) is 24.3 Å². The Balaban J connectivity index is 2.17. The Morgan fingerprint density at radius 3 is 2.40 bits per heavy atom. The van der Waals surface area contributed by atoms with E-state index in [1.165, 1.54) is 12.1 Å². The van der Waals surface area contributed by atoms with Crippen molar-refractivity contribution in [2.45, 2.75) is 25.6 Å². The average Bonchev–Trinajstić information content (AvgIpc) is 2.61. The Kier molecular flexibility index (Phi) is 7.25. The number of phenols is 1. The highest BCUT2D eigenvalue weighted by atomic mass is 16.6. The van der Waals surface area contributed by atoms with E-state index in [9.17, 15) is 15.0 Å². The molecular formula is C19H23NO5. The Morgan fingerprint density at radius 2 is 1.80 bits per heavy atom. The minimum Gasteiger partial charge on any atom is -0.508 e. The highest BCUT2D eigenvalue weighted by Crippen LogP contribution is 2.28. The number of rotatable bonds is 8. The Labute approximate surface area is 147 Å². The molecule has 2 aromatic carbocycles. The second-order valence-electron chi connectivity index (χ2n) is 5.41. The largest absolute Gasteiger partial charge is 0.508 e. The predicted octanol–water partition coefficient (Wildman–Crippen LogP) is 3.47. The van der Waals surface area contributed by atoms with E-state index in [0.717, 1.165) is 0 Å². The van der Waals surface area contributed by atoms with Gasteiger partial charge in [-0.1, -0.05) is 30.3 Å². The van der Waals surface area contributed by atoms with E-state index >= 15 is 0 Å². The van der Waals surface area contributed by atoms with E-state index in [0.29, 0.717) is 24.3 Å².